The number of primary amides is 1. The summed E-state index contributed by atoms with van der Waals surface area (Å²) in [4.78, 5) is 15.3. The number of hydrogen-bond donors (Lipinski definition) is 1. The Morgan fingerprint density at radius 3 is 2.76 bits per heavy atom. The molecule has 0 aliphatic rings. The fourth-order valence-electron chi connectivity index (χ4n) is 1.39. The average molecular weight is 231 g/mol. The molecule has 5 nitrogen and oxygen atoms in total. The zero-order valence-electron chi connectivity index (χ0n) is 9.68. The highest BCUT2D eigenvalue weighted by molar-refractivity contribution is 5.93. The van der Waals surface area contributed by atoms with E-state index in [0.29, 0.717) is 22.8 Å². The molecular weight excluding hydrogens is 218 g/mol. The molecule has 0 saturated heterocycles. The molecule has 1 aromatic heterocycles. The van der Waals surface area contributed by atoms with Crippen molar-refractivity contribution in [1.29, 1.82) is 0 Å². The van der Waals surface area contributed by atoms with Crippen molar-refractivity contribution in [1.82, 2.24) is 10.1 Å². The summed E-state index contributed by atoms with van der Waals surface area (Å²) in [6.45, 7) is 3.96. The molecule has 0 aliphatic heterocycles. The van der Waals surface area contributed by atoms with Crippen molar-refractivity contribution in [3.8, 4) is 11.5 Å². The summed E-state index contributed by atoms with van der Waals surface area (Å²) in [6, 6.07) is 6.81. The molecule has 0 atom stereocenters. The predicted molar refractivity (Wildman–Crippen MR) is 62.3 cm³/mol. The van der Waals surface area contributed by atoms with E-state index in [9.17, 15) is 4.79 Å². The van der Waals surface area contributed by atoms with E-state index in [2.05, 4.69) is 10.1 Å². The van der Waals surface area contributed by atoms with Gasteiger partial charge in [-0.05, 0) is 18.2 Å². The first kappa shape index (κ1) is 11.3. The first-order valence-corrected chi connectivity index (χ1v) is 5.32. The molecule has 0 unspecified atom stereocenters. The van der Waals surface area contributed by atoms with Gasteiger partial charge in [-0.15, -0.1) is 0 Å². The van der Waals surface area contributed by atoms with Crippen molar-refractivity contribution in [3.05, 3.63) is 35.7 Å². The van der Waals surface area contributed by atoms with Gasteiger partial charge in [-0.1, -0.05) is 25.1 Å². The second-order valence-corrected chi connectivity index (χ2v) is 4.06. The summed E-state index contributed by atoms with van der Waals surface area (Å²) in [5.74, 6) is 0.767. The van der Waals surface area contributed by atoms with Gasteiger partial charge in [0.2, 0.25) is 5.91 Å². The van der Waals surface area contributed by atoms with Crippen LogP contribution in [0, 0.1) is 0 Å². The third-order valence-corrected chi connectivity index (χ3v) is 2.35. The Hall–Kier alpha value is -2.17. The summed E-state index contributed by atoms with van der Waals surface area (Å²) in [7, 11) is 0. The van der Waals surface area contributed by atoms with Gasteiger partial charge in [-0.2, -0.15) is 4.98 Å². The third-order valence-electron chi connectivity index (χ3n) is 2.35. The van der Waals surface area contributed by atoms with E-state index >= 15 is 0 Å². The number of aromatic nitrogens is 2. The quantitative estimate of drug-likeness (QED) is 0.875. The van der Waals surface area contributed by atoms with Crippen molar-refractivity contribution in [2.75, 3.05) is 0 Å². The van der Waals surface area contributed by atoms with Crippen LogP contribution in [-0.2, 0) is 0 Å². The van der Waals surface area contributed by atoms with E-state index in [4.69, 9.17) is 10.3 Å². The molecule has 88 valence electrons. The lowest BCUT2D eigenvalue weighted by molar-refractivity contribution is 0.100. The van der Waals surface area contributed by atoms with Gasteiger partial charge in [0.15, 0.2) is 5.82 Å². The van der Waals surface area contributed by atoms with Gasteiger partial charge in [0.05, 0.1) is 0 Å². The number of nitrogens with two attached hydrogens (primary N) is 1. The van der Waals surface area contributed by atoms with Crippen molar-refractivity contribution >= 4 is 5.91 Å². The molecule has 1 amide bonds. The topological polar surface area (TPSA) is 82.0 Å². The first-order chi connectivity index (χ1) is 8.08. The van der Waals surface area contributed by atoms with Crippen LogP contribution in [0.3, 0.4) is 0 Å². The lowest BCUT2D eigenvalue weighted by Gasteiger charge is -1.97. The molecule has 0 spiro atoms. The standard InChI is InChI=1S/C12H13N3O2/c1-7(2)11-14-12(17-15-11)9-5-3-4-8(6-9)10(13)16/h3-7H,1-2H3,(H2,13,16). The molecule has 5 heteroatoms. The molecule has 0 fully saturated rings. The Morgan fingerprint density at radius 2 is 2.18 bits per heavy atom. The normalized spacial score (nSPS) is 10.8. The average Bonchev–Trinajstić information content (AvgIpc) is 2.78. The van der Waals surface area contributed by atoms with Crippen LogP contribution >= 0.6 is 0 Å². The Balaban J connectivity index is 2.38. The maximum Gasteiger partial charge on any atom is 0.257 e. The molecule has 1 aromatic carbocycles. The lowest BCUT2D eigenvalue weighted by atomic mass is 10.1. The van der Waals surface area contributed by atoms with E-state index in [1.54, 1.807) is 24.3 Å². The largest absolute Gasteiger partial charge is 0.366 e. The minimum absolute atomic E-state index is 0.201. The Bertz CT molecular complexity index is 546. The molecule has 0 aliphatic carbocycles. The fraction of sp³-hybridized carbons (Fsp3) is 0.250. The highest BCUT2D eigenvalue weighted by atomic mass is 16.5. The summed E-state index contributed by atoms with van der Waals surface area (Å²) in [6.07, 6.45) is 0. The second kappa shape index (κ2) is 4.37. The van der Waals surface area contributed by atoms with Gasteiger partial charge in [-0.25, -0.2) is 0 Å². The number of benzene rings is 1. The Kier molecular flexibility index (Phi) is 2.91. The summed E-state index contributed by atoms with van der Waals surface area (Å²) in [5, 5.41) is 3.86. The first-order valence-electron chi connectivity index (χ1n) is 5.32. The van der Waals surface area contributed by atoms with Crippen molar-refractivity contribution in [3.63, 3.8) is 0 Å². The molecule has 2 N–H and O–H groups in total. The van der Waals surface area contributed by atoms with Crippen LogP contribution < -0.4 is 5.73 Å². The summed E-state index contributed by atoms with van der Waals surface area (Å²) in [5.41, 5.74) is 6.33. The minimum atomic E-state index is -0.476. The molecule has 2 rings (SSSR count). The van der Waals surface area contributed by atoms with E-state index in [1.165, 1.54) is 0 Å². The molecule has 0 radical (unpaired) electrons. The van der Waals surface area contributed by atoms with Crippen LogP contribution in [-0.4, -0.2) is 16.0 Å². The number of nitrogens with zero attached hydrogens (tertiary/aromatic N) is 2. The molecular formula is C12H13N3O2. The molecule has 0 bridgehead atoms. The van der Waals surface area contributed by atoms with Gasteiger partial charge in [0.1, 0.15) is 0 Å². The molecule has 0 saturated carbocycles. The van der Waals surface area contributed by atoms with Gasteiger partial charge in [0, 0.05) is 17.0 Å². The van der Waals surface area contributed by atoms with Crippen molar-refractivity contribution in [2.24, 2.45) is 5.73 Å². The molecule has 17 heavy (non-hydrogen) atoms. The van der Waals surface area contributed by atoms with Gasteiger partial charge in [0.25, 0.3) is 5.89 Å². The van der Waals surface area contributed by atoms with Crippen LogP contribution in [0.4, 0.5) is 0 Å². The van der Waals surface area contributed by atoms with E-state index in [1.807, 2.05) is 13.8 Å². The maximum atomic E-state index is 11.1. The van der Waals surface area contributed by atoms with Crippen LogP contribution in [0.5, 0.6) is 0 Å². The van der Waals surface area contributed by atoms with Gasteiger partial charge in [-0.3, -0.25) is 4.79 Å². The van der Waals surface area contributed by atoms with Crippen molar-refractivity contribution in [2.45, 2.75) is 19.8 Å². The predicted octanol–water partition coefficient (Wildman–Crippen LogP) is 1.96. The van der Waals surface area contributed by atoms with Gasteiger partial charge < -0.3 is 10.3 Å². The number of carbonyl (C=O) groups is 1. The number of carbonyl (C=O) groups excluding carboxylic acids is 1. The molecule has 2 aromatic rings. The zero-order valence-corrected chi connectivity index (χ0v) is 9.68. The number of amides is 1. The van der Waals surface area contributed by atoms with Crippen LogP contribution in [0.1, 0.15) is 35.9 Å². The smallest absolute Gasteiger partial charge is 0.257 e. The molecule has 1 heterocycles. The fourth-order valence-corrected chi connectivity index (χ4v) is 1.39. The van der Waals surface area contributed by atoms with Crippen molar-refractivity contribution < 1.29 is 9.32 Å². The number of rotatable bonds is 3. The summed E-state index contributed by atoms with van der Waals surface area (Å²) >= 11 is 0. The monoisotopic (exact) mass is 231 g/mol. The van der Waals surface area contributed by atoms with E-state index < -0.39 is 5.91 Å². The second-order valence-electron chi connectivity index (χ2n) is 4.06. The maximum absolute atomic E-state index is 11.1. The SMILES string of the molecule is CC(C)c1noc(-c2cccc(C(N)=O)c2)n1. The Labute approximate surface area is 98.6 Å². The summed E-state index contributed by atoms with van der Waals surface area (Å²) < 4.78 is 5.13. The van der Waals surface area contributed by atoms with Gasteiger partial charge >= 0.3 is 0 Å². The van der Waals surface area contributed by atoms with Crippen LogP contribution in [0.2, 0.25) is 0 Å². The van der Waals surface area contributed by atoms with Crippen LogP contribution in [0.15, 0.2) is 28.8 Å². The highest BCUT2D eigenvalue weighted by Gasteiger charge is 2.12. The number of hydrogen-bond acceptors (Lipinski definition) is 4. The van der Waals surface area contributed by atoms with Crippen LogP contribution in [0.25, 0.3) is 11.5 Å². The van der Waals surface area contributed by atoms with E-state index in [-0.39, 0.29) is 5.92 Å². The minimum Gasteiger partial charge on any atom is -0.366 e. The lowest BCUT2D eigenvalue weighted by Crippen LogP contribution is -2.10. The third kappa shape index (κ3) is 2.33. The zero-order chi connectivity index (χ0) is 12.4. The highest BCUT2D eigenvalue weighted by Crippen LogP contribution is 2.20. The Morgan fingerprint density at radius 1 is 1.41 bits per heavy atom. The van der Waals surface area contributed by atoms with E-state index in [0.717, 1.165) is 0 Å².